The molecule has 4 rings (SSSR count). The van der Waals surface area contributed by atoms with E-state index in [-0.39, 0.29) is 11.5 Å². The summed E-state index contributed by atoms with van der Waals surface area (Å²) in [7, 11) is 0. The molecule has 2 saturated heterocycles. The second-order valence-electron chi connectivity index (χ2n) is 6.73. The molecular weight excluding hydrogens is 338 g/mol. The highest BCUT2D eigenvalue weighted by molar-refractivity contribution is 7.08. The molecule has 1 spiro atoms. The average Bonchev–Trinajstić information content (AvgIpc) is 3.15. The molecule has 2 fully saturated rings. The summed E-state index contributed by atoms with van der Waals surface area (Å²) in [5, 5.41) is 3.84. The first kappa shape index (κ1) is 16.5. The van der Waals surface area contributed by atoms with Gasteiger partial charge in [-0.25, -0.2) is 9.97 Å². The number of hydrogen-bond donors (Lipinski definition) is 0. The molecule has 2 aromatic rings. The molecule has 1 atom stereocenters. The van der Waals surface area contributed by atoms with Gasteiger partial charge in [-0.2, -0.15) is 11.3 Å². The maximum absolute atomic E-state index is 12.4. The third-order valence-electron chi connectivity index (χ3n) is 4.91. The van der Waals surface area contributed by atoms with Crippen molar-refractivity contribution in [2.24, 2.45) is 5.92 Å². The minimum atomic E-state index is -0.155. The molecule has 2 aliphatic rings. The van der Waals surface area contributed by atoms with Gasteiger partial charge in [0.1, 0.15) is 5.60 Å². The zero-order valence-electron chi connectivity index (χ0n) is 14.0. The fourth-order valence-corrected chi connectivity index (χ4v) is 4.26. The molecule has 4 heterocycles. The molecule has 0 aliphatic carbocycles. The van der Waals surface area contributed by atoms with E-state index in [0.29, 0.717) is 31.6 Å². The number of nitrogens with zero attached hydrogens (tertiary/aromatic N) is 3. The van der Waals surface area contributed by atoms with Crippen LogP contribution in [0, 0.1) is 5.92 Å². The SMILES string of the molecule is O=C(c1ccsc1)N1CC2(C[C@H](CCOc3ncccn3)CCO2)C1. The highest BCUT2D eigenvalue weighted by Crippen LogP contribution is 2.38. The van der Waals surface area contributed by atoms with Gasteiger partial charge in [-0.15, -0.1) is 0 Å². The molecule has 0 N–H and O–H groups in total. The number of hydrogen-bond acceptors (Lipinski definition) is 6. The molecule has 7 heteroatoms. The van der Waals surface area contributed by atoms with Crippen molar-refractivity contribution >= 4 is 17.2 Å². The van der Waals surface area contributed by atoms with Crippen LogP contribution in [0.1, 0.15) is 29.6 Å². The zero-order valence-corrected chi connectivity index (χ0v) is 14.8. The van der Waals surface area contributed by atoms with Crippen molar-refractivity contribution in [3.05, 3.63) is 40.8 Å². The van der Waals surface area contributed by atoms with Crippen molar-refractivity contribution in [2.75, 3.05) is 26.3 Å². The quantitative estimate of drug-likeness (QED) is 0.821. The van der Waals surface area contributed by atoms with Gasteiger partial charge < -0.3 is 14.4 Å². The summed E-state index contributed by atoms with van der Waals surface area (Å²) in [6, 6.07) is 4.08. The maximum atomic E-state index is 12.4. The number of amides is 1. The van der Waals surface area contributed by atoms with Crippen molar-refractivity contribution in [3.63, 3.8) is 0 Å². The molecule has 0 radical (unpaired) electrons. The average molecular weight is 359 g/mol. The van der Waals surface area contributed by atoms with Crippen LogP contribution in [-0.4, -0.2) is 52.7 Å². The summed E-state index contributed by atoms with van der Waals surface area (Å²) in [4.78, 5) is 22.4. The van der Waals surface area contributed by atoms with Crippen molar-refractivity contribution < 1.29 is 14.3 Å². The summed E-state index contributed by atoms with van der Waals surface area (Å²) < 4.78 is 11.6. The topological polar surface area (TPSA) is 64.6 Å². The van der Waals surface area contributed by atoms with E-state index in [1.165, 1.54) is 0 Å². The smallest absolute Gasteiger partial charge is 0.316 e. The fraction of sp³-hybridized carbons (Fsp3) is 0.500. The van der Waals surface area contributed by atoms with Gasteiger partial charge in [0.15, 0.2) is 0 Å². The molecule has 6 nitrogen and oxygen atoms in total. The van der Waals surface area contributed by atoms with Gasteiger partial charge in [0.25, 0.3) is 5.91 Å². The van der Waals surface area contributed by atoms with Crippen molar-refractivity contribution in [3.8, 4) is 6.01 Å². The van der Waals surface area contributed by atoms with Crippen LogP contribution in [0.5, 0.6) is 6.01 Å². The standard InChI is InChI=1S/C18H21N3O3S/c22-16(15-4-9-25-11-15)21-12-18(13-21)10-14(3-8-24-18)2-7-23-17-19-5-1-6-20-17/h1,4-6,9,11,14H,2-3,7-8,10,12-13H2/t14-/m1/s1. The first-order valence-corrected chi connectivity index (χ1v) is 9.54. The molecule has 1 amide bonds. The molecule has 25 heavy (non-hydrogen) atoms. The third kappa shape index (κ3) is 3.67. The minimum absolute atomic E-state index is 0.113. The van der Waals surface area contributed by atoms with E-state index in [2.05, 4.69) is 9.97 Å². The summed E-state index contributed by atoms with van der Waals surface area (Å²) in [6.07, 6.45) is 6.35. The summed E-state index contributed by atoms with van der Waals surface area (Å²) in [5.74, 6) is 0.665. The molecule has 2 aromatic heterocycles. The van der Waals surface area contributed by atoms with Gasteiger partial charge in [0, 0.05) is 24.4 Å². The van der Waals surface area contributed by atoms with E-state index < -0.39 is 0 Å². The summed E-state index contributed by atoms with van der Waals surface area (Å²) >= 11 is 1.55. The monoisotopic (exact) mass is 359 g/mol. The van der Waals surface area contributed by atoms with Crippen LogP contribution in [0.3, 0.4) is 0 Å². The minimum Gasteiger partial charge on any atom is -0.463 e. The van der Waals surface area contributed by atoms with Crippen LogP contribution in [0.25, 0.3) is 0 Å². The van der Waals surface area contributed by atoms with Gasteiger partial charge >= 0.3 is 6.01 Å². The zero-order chi connectivity index (χ0) is 17.1. The predicted molar refractivity (Wildman–Crippen MR) is 93.8 cm³/mol. The Labute approximate surface area is 150 Å². The number of likely N-dealkylation sites (tertiary alicyclic amines) is 1. The molecule has 0 saturated carbocycles. The Bertz CT molecular complexity index is 702. The lowest BCUT2D eigenvalue weighted by molar-refractivity contribution is -0.166. The van der Waals surface area contributed by atoms with Crippen LogP contribution in [0.4, 0.5) is 0 Å². The molecular formula is C18H21N3O3S. The van der Waals surface area contributed by atoms with Crippen molar-refractivity contribution in [1.82, 2.24) is 14.9 Å². The number of carbonyl (C=O) groups excluding carboxylic acids is 1. The Hall–Kier alpha value is -1.99. The fourth-order valence-electron chi connectivity index (χ4n) is 3.63. The Morgan fingerprint density at radius 2 is 2.24 bits per heavy atom. The lowest BCUT2D eigenvalue weighted by Gasteiger charge is -2.53. The number of thiophene rings is 1. The number of ether oxygens (including phenoxy) is 2. The van der Waals surface area contributed by atoms with Crippen molar-refractivity contribution in [1.29, 1.82) is 0 Å². The maximum Gasteiger partial charge on any atom is 0.316 e. The van der Waals surface area contributed by atoms with Gasteiger partial charge in [0.05, 0.1) is 25.3 Å². The van der Waals surface area contributed by atoms with Crippen LogP contribution >= 0.6 is 11.3 Å². The van der Waals surface area contributed by atoms with Crippen LogP contribution in [0.15, 0.2) is 35.3 Å². The number of rotatable bonds is 5. The van der Waals surface area contributed by atoms with Gasteiger partial charge in [-0.1, -0.05) is 0 Å². The van der Waals surface area contributed by atoms with Gasteiger partial charge in [-0.05, 0) is 42.7 Å². The Morgan fingerprint density at radius 1 is 1.40 bits per heavy atom. The first-order chi connectivity index (χ1) is 12.2. The van der Waals surface area contributed by atoms with Crippen LogP contribution < -0.4 is 4.74 Å². The van der Waals surface area contributed by atoms with E-state index in [1.807, 2.05) is 21.7 Å². The van der Waals surface area contributed by atoms with Crippen LogP contribution in [0.2, 0.25) is 0 Å². The van der Waals surface area contributed by atoms with Gasteiger partial charge in [0.2, 0.25) is 0 Å². The summed E-state index contributed by atoms with van der Waals surface area (Å²) in [6.45, 7) is 2.76. The Kier molecular flexibility index (Phi) is 4.67. The second kappa shape index (κ2) is 7.09. The molecule has 0 bridgehead atoms. The molecule has 132 valence electrons. The highest BCUT2D eigenvalue weighted by atomic mass is 32.1. The molecule has 2 aliphatic heterocycles. The Morgan fingerprint density at radius 3 is 3.00 bits per heavy atom. The summed E-state index contributed by atoms with van der Waals surface area (Å²) in [5.41, 5.74) is 0.626. The first-order valence-electron chi connectivity index (χ1n) is 8.59. The normalized spacial score (nSPS) is 21.8. The van der Waals surface area contributed by atoms with Gasteiger partial charge in [-0.3, -0.25) is 4.79 Å². The van der Waals surface area contributed by atoms with E-state index in [4.69, 9.17) is 9.47 Å². The number of aromatic nitrogens is 2. The van der Waals surface area contributed by atoms with Crippen LogP contribution in [-0.2, 0) is 4.74 Å². The van der Waals surface area contributed by atoms with Crippen molar-refractivity contribution in [2.45, 2.75) is 24.9 Å². The van der Waals surface area contributed by atoms with E-state index in [0.717, 1.165) is 31.4 Å². The largest absolute Gasteiger partial charge is 0.463 e. The van der Waals surface area contributed by atoms with E-state index in [1.54, 1.807) is 29.8 Å². The molecule has 0 unspecified atom stereocenters. The Balaban J connectivity index is 1.25. The molecule has 0 aromatic carbocycles. The predicted octanol–water partition coefficient (Wildman–Crippen LogP) is 2.63. The lowest BCUT2D eigenvalue weighted by Crippen LogP contribution is -2.66. The highest BCUT2D eigenvalue weighted by Gasteiger charge is 2.49. The van der Waals surface area contributed by atoms with E-state index >= 15 is 0 Å². The lowest BCUT2D eigenvalue weighted by atomic mass is 9.79. The number of carbonyl (C=O) groups is 1. The van der Waals surface area contributed by atoms with E-state index in [9.17, 15) is 4.79 Å². The third-order valence-corrected chi connectivity index (χ3v) is 5.59. The second-order valence-corrected chi connectivity index (χ2v) is 7.51.